The number of aliphatic imine (C=N–C) groups is 1. The van der Waals surface area contributed by atoms with Gasteiger partial charge in [-0.15, -0.1) is 10.2 Å². The fourth-order valence-corrected chi connectivity index (χ4v) is 2.34. The maximum absolute atomic E-state index is 4.63. The number of hydrogen-bond donors (Lipinski definition) is 2. The number of rotatable bonds is 10. The Morgan fingerprint density at radius 2 is 2.14 bits per heavy atom. The molecule has 2 N–H and O–H groups in total. The topological polar surface area (TPSA) is 67.1 Å². The number of nitrogens with zero attached hydrogens (tertiary/aromatic N) is 4. The number of hydrogen-bond acceptors (Lipinski definition) is 4. The minimum atomic E-state index is 0.564. The van der Waals surface area contributed by atoms with Crippen LogP contribution >= 0.6 is 11.8 Å². The summed E-state index contributed by atoms with van der Waals surface area (Å²) in [5.41, 5.74) is 0. The fraction of sp³-hybridized carbons (Fsp3) is 0.800. The first kappa shape index (κ1) is 18.8. The van der Waals surface area contributed by atoms with E-state index in [0.717, 1.165) is 50.8 Å². The van der Waals surface area contributed by atoms with Gasteiger partial charge in [0.1, 0.15) is 12.2 Å². The largest absolute Gasteiger partial charge is 0.356 e. The van der Waals surface area contributed by atoms with Crippen LogP contribution in [0, 0.1) is 5.92 Å². The molecule has 0 aliphatic carbocycles. The SMILES string of the molecule is CCc1nncn1CCNC(=NCC(C)C)NCCCSC. The highest BCUT2D eigenvalue weighted by atomic mass is 32.2. The fourth-order valence-electron chi connectivity index (χ4n) is 1.91. The minimum absolute atomic E-state index is 0.564. The van der Waals surface area contributed by atoms with Crippen molar-refractivity contribution in [1.29, 1.82) is 0 Å². The summed E-state index contributed by atoms with van der Waals surface area (Å²) in [6.45, 7) is 9.92. The van der Waals surface area contributed by atoms with Gasteiger partial charge < -0.3 is 15.2 Å². The van der Waals surface area contributed by atoms with Crippen LogP contribution in [0.5, 0.6) is 0 Å². The van der Waals surface area contributed by atoms with Crippen molar-refractivity contribution in [3.8, 4) is 0 Å². The molecule has 0 aliphatic heterocycles. The van der Waals surface area contributed by atoms with Gasteiger partial charge in [-0.05, 0) is 24.3 Å². The lowest BCUT2D eigenvalue weighted by Gasteiger charge is -2.14. The van der Waals surface area contributed by atoms with E-state index < -0.39 is 0 Å². The molecule has 0 atom stereocenters. The maximum Gasteiger partial charge on any atom is 0.191 e. The standard InChI is InChI=1S/C15H30N6S/c1-5-14-20-19-12-21(14)9-8-17-15(18-11-13(2)3)16-7-6-10-22-4/h12-13H,5-11H2,1-4H3,(H2,16,17,18). The number of thioether (sulfide) groups is 1. The van der Waals surface area contributed by atoms with Crippen molar-refractivity contribution < 1.29 is 0 Å². The van der Waals surface area contributed by atoms with E-state index in [0.29, 0.717) is 5.92 Å². The van der Waals surface area contributed by atoms with Crippen molar-refractivity contribution in [3.05, 3.63) is 12.2 Å². The molecule has 1 heterocycles. The first-order chi connectivity index (χ1) is 10.7. The van der Waals surface area contributed by atoms with E-state index in [1.54, 1.807) is 6.33 Å². The third-order valence-corrected chi connectivity index (χ3v) is 3.79. The molecule has 0 unspecified atom stereocenters. The Labute approximate surface area is 138 Å². The lowest BCUT2D eigenvalue weighted by molar-refractivity contribution is 0.622. The molecule has 6 nitrogen and oxygen atoms in total. The summed E-state index contributed by atoms with van der Waals surface area (Å²) in [5, 5.41) is 14.9. The zero-order valence-corrected chi connectivity index (χ0v) is 15.1. The first-order valence-corrected chi connectivity index (χ1v) is 9.44. The quantitative estimate of drug-likeness (QED) is 0.390. The molecule has 1 aromatic heterocycles. The Balaban J connectivity index is 2.40. The smallest absolute Gasteiger partial charge is 0.191 e. The van der Waals surface area contributed by atoms with Gasteiger partial charge in [0.2, 0.25) is 0 Å². The van der Waals surface area contributed by atoms with Gasteiger partial charge >= 0.3 is 0 Å². The molecule has 0 spiro atoms. The van der Waals surface area contributed by atoms with Gasteiger partial charge in [-0.2, -0.15) is 11.8 Å². The van der Waals surface area contributed by atoms with Gasteiger partial charge in [0.05, 0.1) is 0 Å². The second-order valence-corrected chi connectivity index (χ2v) is 6.56. The molecule has 0 bridgehead atoms. The van der Waals surface area contributed by atoms with Crippen molar-refractivity contribution in [2.24, 2.45) is 10.9 Å². The van der Waals surface area contributed by atoms with Crippen LogP contribution in [0.25, 0.3) is 0 Å². The number of aromatic nitrogens is 3. The van der Waals surface area contributed by atoms with E-state index in [-0.39, 0.29) is 0 Å². The molecule has 22 heavy (non-hydrogen) atoms. The highest BCUT2D eigenvalue weighted by Gasteiger charge is 2.03. The normalized spacial score (nSPS) is 12.0. The average molecular weight is 327 g/mol. The van der Waals surface area contributed by atoms with Crippen molar-refractivity contribution in [2.45, 2.75) is 40.2 Å². The molecule has 0 amide bonds. The predicted octanol–water partition coefficient (Wildman–Crippen LogP) is 1.78. The third-order valence-electron chi connectivity index (χ3n) is 3.09. The molecule has 0 saturated carbocycles. The average Bonchev–Trinajstić information content (AvgIpc) is 2.95. The van der Waals surface area contributed by atoms with Crippen LogP contribution in [0.2, 0.25) is 0 Å². The van der Waals surface area contributed by atoms with Crippen LogP contribution in [0.15, 0.2) is 11.3 Å². The Kier molecular flexibility index (Phi) is 9.70. The van der Waals surface area contributed by atoms with Crippen LogP contribution in [0.3, 0.4) is 0 Å². The molecule has 126 valence electrons. The van der Waals surface area contributed by atoms with Crippen LogP contribution in [0.1, 0.15) is 33.0 Å². The zero-order valence-electron chi connectivity index (χ0n) is 14.3. The Bertz CT molecular complexity index is 429. The molecule has 0 aromatic carbocycles. The number of nitrogens with one attached hydrogen (secondary N) is 2. The molecule has 7 heteroatoms. The highest BCUT2D eigenvalue weighted by Crippen LogP contribution is 1.96. The molecule has 0 aliphatic rings. The molecular weight excluding hydrogens is 296 g/mol. The second kappa shape index (κ2) is 11.3. The molecule has 1 aromatic rings. The third kappa shape index (κ3) is 7.68. The van der Waals surface area contributed by atoms with E-state index in [9.17, 15) is 0 Å². The van der Waals surface area contributed by atoms with Crippen molar-refractivity contribution >= 4 is 17.7 Å². The Morgan fingerprint density at radius 1 is 1.36 bits per heavy atom. The lowest BCUT2D eigenvalue weighted by atomic mass is 10.2. The monoisotopic (exact) mass is 326 g/mol. The summed E-state index contributed by atoms with van der Waals surface area (Å²) in [7, 11) is 0. The van der Waals surface area contributed by atoms with Crippen molar-refractivity contribution in [1.82, 2.24) is 25.4 Å². The molecule has 1 rings (SSSR count). The van der Waals surface area contributed by atoms with Gasteiger partial charge in [0.25, 0.3) is 0 Å². The minimum Gasteiger partial charge on any atom is -0.356 e. The number of aryl methyl sites for hydroxylation is 1. The first-order valence-electron chi connectivity index (χ1n) is 8.05. The highest BCUT2D eigenvalue weighted by molar-refractivity contribution is 7.98. The molecular formula is C15H30N6S. The maximum atomic E-state index is 4.63. The van der Waals surface area contributed by atoms with Crippen molar-refractivity contribution in [2.75, 3.05) is 31.6 Å². The summed E-state index contributed by atoms with van der Waals surface area (Å²) in [5.74, 6) is 3.66. The van der Waals surface area contributed by atoms with Gasteiger partial charge in [-0.1, -0.05) is 20.8 Å². The van der Waals surface area contributed by atoms with Gasteiger partial charge in [-0.25, -0.2) is 0 Å². The number of guanidine groups is 1. The Hall–Kier alpha value is -1.24. The van der Waals surface area contributed by atoms with E-state index in [2.05, 4.69) is 57.4 Å². The molecule has 0 saturated heterocycles. The summed E-state index contributed by atoms with van der Waals surface area (Å²) >= 11 is 1.87. The van der Waals surface area contributed by atoms with Crippen LogP contribution < -0.4 is 10.6 Å². The predicted molar refractivity (Wildman–Crippen MR) is 95.5 cm³/mol. The lowest BCUT2D eigenvalue weighted by Crippen LogP contribution is -2.40. The van der Waals surface area contributed by atoms with Crippen LogP contribution in [-0.4, -0.2) is 52.4 Å². The van der Waals surface area contributed by atoms with Crippen LogP contribution in [0.4, 0.5) is 0 Å². The summed E-state index contributed by atoms with van der Waals surface area (Å²) in [6.07, 6.45) is 5.98. The summed E-state index contributed by atoms with van der Waals surface area (Å²) < 4.78 is 2.08. The summed E-state index contributed by atoms with van der Waals surface area (Å²) in [6, 6.07) is 0. The van der Waals surface area contributed by atoms with E-state index in [1.807, 2.05) is 11.8 Å². The van der Waals surface area contributed by atoms with E-state index >= 15 is 0 Å². The van der Waals surface area contributed by atoms with Gasteiger partial charge in [-0.3, -0.25) is 4.99 Å². The van der Waals surface area contributed by atoms with Gasteiger partial charge in [0, 0.05) is 32.6 Å². The summed E-state index contributed by atoms with van der Waals surface area (Å²) in [4.78, 5) is 4.63. The zero-order chi connectivity index (χ0) is 16.2. The van der Waals surface area contributed by atoms with E-state index in [4.69, 9.17) is 0 Å². The van der Waals surface area contributed by atoms with Gasteiger partial charge in [0.15, 0.2) is 5.96 Å². The Morgan fingerprint density at radius 3 is 2.82 bits per heavy atom. The second-order valence-electron chi connectivity index (χ2n) is 5.58. The molecule has 0 fully saturated rings. The van der Waals surface area contributed by atoms with E-state index in [1.165, 1.54) is 5.75 Å². The van der Waals surface area contributed by atoms with Crippen LogP contribution in [-0.2, 0) is 13.0 Å². The molecule has 0 radical (unpaired) electrons. The van der Waals surface area contributed by atoms with Crippen molar-refractivity contribution in [3.63, 3.8) is 0 Å².